The maximum atomic E-state index is 5.21. The van der Waals surface area contributed by atoms with Gasteiger partial charge in [0.25, 0.3) is 0 Å². The van der Waals surface area contributed by atoms with Crippen LogP contribution in [-0.4, -0.2) is 39.1 Å². The van der Waals surface area contributed by atoms with Crippen LogP contribution in [0.3, 0.4) is 0 Å². The molecule has 33 heavy (non-hydrogen) atoms. The first kappa shape index (κ1) is 20.9. The fourth-order valence-electron chi connectivity index (χ4n) is 8.90. The molecule has 1 aromatic carbocycles. The van der Waals surface area contributed by atoms with E-state index in [0.29, 0.717) is 12.1 Å². The zero-order chi connectivity index (χ0) is 21.8. The molecule has 2 aromatic rings. The number of hydrogen-bond donors (Lipinski definition) is 1. The Bertz CT molecular complexity index is 947. The average Bonchev–Trinajstić information content (AvgIpc) is 3.45. The van der Waals surface area contributed by atoms with Crippen LogP contribution >= 0.6 is 0 Å². The quantitative estimate of drug-likeness (QED) is 0.594. The van der Waals surface area contributed by atoms with Crippen LogP contribution in [0, 0.1) is 11.8 Å². The monoisotopic (exact) mass is 446 g/mol. The summed E-state index contributed by atoms with van der Waals surface area (Å²) < 4.78 is 2.71. The van der Waals surface area contributed by atoms with Gasteiger partial charge in [-0.15, -0.1) is 0 Å². The van der Waals surface area contributed by atoms with E-state index in [1.807, 2.05) is 0 Å². The molecule has 2 saturated carbocycles. The smallest absolute Gasteiger partial charge is 0.127 e. The number of piperidine rings is 2. The number of nitrogens with zero attached hydrogens (tertiary/aromatic N) is 3. The number of imidazole rings is 1. The molecule has 5 fully saturated rings. The number of benzene rings is 1. The number of hydrogen-bond acceptors (Lipinski definition) is 3. The Balaban J connectivity index is 1.19. The molecule has 7 rings (SSSR count). The van der Waals surface area contributed by atoms with Gasteiger partial charge in [-0.2, -0.15) is 0 Å². The maximum Gasteiger partial charge on any atom is 0.127 e. The van der Waals surface area contributed by atoms with Crippen LogP contribution in [0.2, 0.25) is 0 Å². The predicted molar refractivity (Wildman–Crippen MR) is 134 cm³/mol. The second kappa shape index (κ2) is 8.68. The molecule has 4 heteroatoms. The highest BCUT2D eigenvalue weighted by Gasteiger charge is 2.45. The molecular weight excluding hydrogens is 404 g/mol. The second-order valence-electron chi connectivity index (χ2n) is 12.2. The fourth-order valence-corrected chi connectivity index (χ4v) is 8.90. The normalized spacial score (nSPS) is 39.6. The minimum atomic E-state index is 0.441. The van der Waals surface area contributed by atoms with Gasteiger partial charge >= 0.3 is 0 Å². The lowest BCUT2D eigenvalue weighted by molar-refractivity contribution is -0.0421. The summed E-state index contributed by atoms with van der Waals surface area (Å²) in [6.45, 7) is 1.14. The average molecular weight is 447 g/mol. The summed E-state index contributed by atoms with van der Waals surface area (Å²) in [5, 5.41) is 3.76. The van der Waals surface area contributed by atoms with Crippen molar-refractivity contribution in [1.29, 1.82) is 0 Å². The molecule has 0 spiro atoms. The molecule has 2 aliphatic carbocycles. The van der Waals surface area contributed by atoms with E-state index in [4.69, 9.17) is 4.98 Å². The van der Waals surface area contributed by atoms with Crippen LogP contribution in [0.1, 0.15) is 108 Å². The first-order chi connectivity index (χ1) is 16.3. The van der Waals surface area contributed by atoms with Gasteiger partial charge in [-0.1, -0.05) is 44.2 Å². The summed E-state index contributed by atoms with van der Waals surface area (Å²) in [7, 11) is 0. The molecule has 0 radical (unpaired) electrons. The minimum absolute atomic E-state index is 0.441. The van der Waals surface area contributed by atoms with Gasteiger partial charge in [0, 0.05) is 24.2 Å². The molecule has 1 N–H and O–H groups in total. The van der Waals surface area contributed by atoms with Gasteiger partial charge in [0.1, 0.15) is 5.82 Å². The molecule has 0 amide bonds. The summed E-state index contributed by atoms with van der Waals surface area (Å²) in [6.07, 6.45) is 20.0. The van der Waals surface area contributed by atoms with Crippen molar-refractivity contribution in [3.63, 3.8) is 0 Å². The molecule has 4 heterocycles. The van der Waals surface area contributed by atoms with E-state index in [2.05, 4.69) is 39.0 Å². The van der Waals surface area contributed by atoms with Crippen molar-refractivity contribution in [2.75, 3.05) is 6.54 Å². The fraction of sp³-hybridized carbons (Fsp3) is 0.759. The van der Waals surface area contributed by atoms with E-state index in [1.54, 1.807) is 6.42 Å². The third kappa shape index (κ3) is 3.76. The number of para-hydroxylation sites is 2. The zero-order valence-corrected chi connectivity index (χ0v) is 20.3. The van der Waals surface area contributed by atoms with Gasteiger partial charge in [0.15, 0.2) is 0 Å². The first-order valence-corrected chi connectivity index (χ1v) is 14.3. The van der Waals surface area contributed by atoms with Crippen molar-refractivity contribution in [2.24, 2.45) is 11.8 Å². The van der Waals surface area contributed by atoms with E-state index in [-0.39, 0.29) is 0 Å². The molecule has 178 valence electrons. The summed E-state index contributed by atoms with van der Waals surface area (Å²) in [5.74, 6) is 3.37. The highest BCUT2D eigenvalue weighted by atomic mass is 15.3. The largest absolute Gasteiger partial charge is 0.323 e. The number of fused-ring (bicyclic) bond motifs is 5. The standard InChI is InChI=1S/C29H42N4/c1-2-8-21-15-20(7-1)16-24(17-21)32-22-9-5-10-23(32)19-25(18-22)33-28-13-4-3-11-26(28)31-29(33)27-12-6-14-30-27/h3-4,11,13,20-25,27,30H,1-2,5-10,12,14-19H2/t20-,21+,22-,23+,24?,25?,27-/m0/s1. The zero-order valence-electron chi connectivity index (χ0n) is 20.3. The van der Waals surface area contributed by atoms with Gasteiger partial charge < -0.3 is 9.88 Å². The van der Waals surface area contributed by atoms with Crippen LogP contribution in [-0.2, 0) is 0 Å². The molecule has 3 aliphatic heterocycles. The van der Waals surface area contributed by atoms with Crippen LogP contribution in [0.25, 0.3) is 11.0 Å². The molecule has 2 unspecified atom stereocenters. The van der Waals surface area contributed by atoms with Crippen LogP contribution in [0.15, 0.2) is 24.3 Å². The highest BCUT2D eigenvalue weighted by molar-refractivity contribution is 5.76. The maximum absolute atomic E-state index is 5.21. The van der Waals surface area contributed by atoms with Crippen molar-refractivity contribution in [2.45, 2.75) is 120 Å². The van der Waals surface area contributed by atoms with Crippen LogP contribution in [0.5, 0.6) is 0 Å². The molecule has 4 bridgehead atoms. The Morgan fingerprint density at radius 1 is 0.697 bits per heavy atom. The van der Waals surface area contributed by atoms with Crippen molar-refractivity contribution in [1.82, 2.24) is 19.8 Å². The third-order valence-corrected chi connectivity index (χ3v) is 10.1. The Hall–Kier alpha value is -1.39. The van der Waals surface area contributed by atoms with Gasteiger partial charge in [-0.3, -0.25) is 4.90 Å². The van der Waals surface area contributed by atoms with Crippen LogP contribution < -0.4 is 5.32 Å². The Labute approximate surface area is 199 Å². The minimum Gasteiger partial charge on any atom is -0.323 e. The summed E-state index contributed by atoms with van der Waals surface area (Å²) in [6, 6.07) is 12.4. The first-order valence-electron chi connectivity index (χ1n) is 14.3. The van der Waals surface area contributed by atoms with E-state index in [9.17, 15) is 0 Å². The van der Waals surface area contributed by atoms with E-state index >= 15 is 0 Å². The highest BCUT2D eigenvalue weighted by Crippen LogP contribution is 2.47. The van der Waals surface area contributed by atoms with E-state index in [0.717, 1.165) is 36.5 Å². The van der Waals surface area contributed by atoms with Crippen molar-refractivity contribution in [3.8, 4) is 0 Å². The molecule has 5 aliphatic rings. The van der Waals surface area contributed by atoms with Crippen molar-refractivity contribution < 1.29 is 0 Å². The topological polar surface area (TPSA) is 33.1 Å². The third-order valence-electron chi connectivity index (χ3n) is 10.1. The summed E-state index contributed by atoms with van der Waals surface area (Å²) in [5.41, 5.74) is 2.58. The molecular formula is C29H42N4. The second-order valence-corrected chi connectivity index (χ2v) is 12.2. The summed E-state index contributed by atoms with van der Waals surface area (Å²) >= 11 is 0. The molecule has 4 nitrogen and oxygen atoms in total. The Kier molecular flexibility index (Phi) is 5.51. The molecule has 3 saturated heterocycles. The predicted octanol–water partition coefficient (Wildman–Crippen LogP) is 6.38. The van der Waals surface area contributed by atoms with Gasteiger partial charge in [0.05, 0.1) is 17.1 Å². The molecule has 7 atom stereocenters. The number of nitrogens with one attached hydrogen (secondary N) is 1. The van der Waals surface area contributed by atoms with Crippen molar-refractivity contribution >= 4 is 11.0 Å². The Morgan fingerprint density at radius 3 is 2.18 bits per heavy atom. The van der Waals surface area contributed by atoms with Gasteiger partial charge in [-0.05, 0) is 88.3 Å². The van der Waals surface area contributed by atoms with Gasteiger partial charge in [0.2, 0.25) is 0 Å². The number of rotatable bonds is 3. The van der Waals surface area contributed by atoms with Crippen LogP contribution in [0.4, 0.5) is 0 Å². The van der Waals surface area contributed by atoms with E-state index < -0.39 is 0 Å². The Morgan fingerprint density at radius 2 is 1.45 bits per heavy atom. The lowest BCUT2D eigenvalue weighted by Gasteiger charge is -2.54. The SMILES string of the molecule is c1ccc2c(c1)nc([C@@H]1CCCN1)n2C1C[C@H]2CCC[C@@H](C1)N2C1C[C@H]2CCCC[C@@H](C1)C2. The lowest BCUT2D eigenvalue weighted by atomic mass is 9.73. The van der Waals surface area contributed by atoms with Crippen molar-refractivity contribution in [3.05, 3.63) is 30.1 Å². The van der Waals surface area contributed by atoms with E-state index in [1.165, 1.54) is 100 Å². The summed E-state index contributed by atoms with van der Waals surface area (Å²) in [4.78, 5) is 8.32. The molecule has 1 aromatic heterocycles. The lowest BCUT2D eigenvalue weighted by Crippen LogP contribution is -2.58. The van der Waals surface area contributed by atoms with Gasteiger partial charge in [-0.25, -0.2) is 4.98 Å². The number of aromatic nitrogens is 2.